The summed E-state index contributed by atoms with van der Waals surface area (Å²) in [5.74, 6) is -0.0642. The summed E-state index contributed by atoms with van der Waals surface area (Å²) in [6.45, 7) is 1.63. The molecule has 0 bridgehead atoms. The van der Waals surface area contributed by atoms with E-state index in [0.717, 1.165) is 0 Å². The highest BCUT2D eigenvalue weighted by molar-refractivity contribution is 9.10. The van der Waals surface area contributed by atoms with Gasteiger partial charge in [-0.25, -0.2) is 0 Å². The van der Waals surface area contributed by atoms with Crippen LogP contribution in [0.2, 0.25) is 5.02 Å². The number of anilines is 2. The third-order valence-electron chi connectivity index (χ3n) is 3.72. The zero-order valence-electron chi connectivity index (χ0n) is 14.7. The maximum atomic E-state index is 12.3. The first-order chi connectivity index (χ1) is 13.4. The molecule has 0 aliphatic heterocycles. The van der Waals surface area contributed by atoms with Gasteiger partial charge in [0.15, 0.2) is 16.5 Å². The summed E-state index contributed by atoms with van der Waals surface area (Å²) < 4.78 is 11.3. The van der Waals surface area contributed by atoms with Crippen LogP contribution in [0.25, 0.3) is 0 Å². The molecule has 0 saturated heterocycles. The second kappa shape index (κ2) is 8.95. The highest BCUT2D eigenvalue weighted by Gasteiger charge is 2.16. The number of halogens is 2. The van der Waals surface area contributed by atoms with Crippen molar-refractivity contribution in [2.45, 2.75) is 13.0 Å². The van der Waals surface area contributed by atoms with Gasteiger partial charge < -0.3 is 19.8 Å². The van der Waals surface area contributed by atoms with Crippen LogP contribution in [0.1, 0.15) is 17.5 Å². The number of hydrogen-bond acceptors (Lipinski definition) is 4. The van der Waals surface area contributed by atoms with Gasteiger partial charge in [0.2, 0.25) is 0 Å². The van der Waals surface area contributed by atoms with Gasteiger partial charge in [-0.3, -0.25) is 9.59 Å². The Kier molecular flexibility index (Phi) is 6.38. The number of benzene rings is 2. The number of nitrogens with one attached hydrogen (secondary N) is 2. The van der Waals surface area contributed by atoms with Gasteiger partial charge in [0, 0.05) is 11.4 Å². The first-order valence-electron chi connectivity index (χ1n) is 8.31. The first kappa shape index (κ1) is 20.0. The van der Waals surface area contributed by atoms with Crippen molar-refractivity contribution >= 4 is 50.7 Å². The molecule has 1 unspecified atom stereocenters. The molecule has 3 rings (SSSR count). The molecule has 3 aromatic rings. The van der Waals surface area contributed by atoms with E-state index in [9.17, 15) is 9.59 Å². The van der Waals surface area contributed by atoms with Crippen LogP contribution in [0.3, 0.4) is 0 Å². The molecule has 1 aromatic heterocycles. The summed E-state index contributed by atoms with van der Waals surface area (Å²) in [5, 5.41) is 5.90. The molecular formula is C20H16BrClN2O4. The fraction of sp³-hybridized carbons (Fsp3) is 0.100. The zero-order chi connectivity index (χ0) is 20.1. The molecule has 0 fully saturated rings. The predicted molar refractivity (Wildman–Crippen MR) is 111 cm³/mol. The minimum Gasteiger partial charge on any atom is -0.479 e. The van der Waals surface area contributed by atoms with Crippen LogP contribution in [-0.4, -0.2) is 17.9 Å². The predicted octanol–water partition coefficient (Wildman–Crippen LogP) is 5.35. The van der Waals surface area contributed by atoms with Crippen molar-refractivity contribution in [1.29, 1.82) is 0 Å². The molecule has 0 aliphatic rings. The van der Waals surface area contributed by atoms with Crippen molar-refractivity contribution in [2.24, 2.45) is 0 Å². The normalized spacial score (nSPS) is 11.5. The molecule has 28 heavy (non-hydrogen) atoms. The van der Waals surface area contributed by atoms with Crippen molar-refractivity contribution in [3.05, 3.63) is 76.1 Å². The topological polar surface area (TPSA) is 80.6 Å². The molecule has 8 heteroatoms. The largest absolute Gasteiger partial charge is 0.479 e. The SMILES string of the molecule is CC(Oc1ccccc1Cl)C(=O)Nc1ccc(NC(=O)c2ccc(Br)o2)cc1. The number of para-hydroxylation sites is 1. The Bertz CT molecular complexity index is 988. The van der Waals surface area contributed by atoms with E-state index >= 15 is 0 Å². The minimum atomic E-state index is -0.739. The Labute approximate surface area is 175 Å². The quantitative estimate of drug-likeness (QED) is 0.516. The van der Waals surface area contributed by atoms with Crippen LogP contribution in [0.15, 0.2) is 69.8 Å². The number of rotatable bonds is 6. The summed E-state index contributed by atoms with van der Waals surface area (Å²) >= 11 is 9.19. The van der Waals surface area contributed by atoms with Crippen LogP contribution in [0.5, 0.6) is 5.75 Å². The first-order valence-corrected chi connectivity index (χ1v) is 9.48. The fourth-order valence-corrected chi connectivity index (χ4v) is 2.78. The second-order valence-electron chi connectivity index (χ2n) is 5.81. The molecule has 0 spiro atoms. The van der Waals surface area contributed by atoms with Crippen molar-refractivity contribution in [2.75, 3.05) is 10.6 Å². The molecule has 144 valence electrons. The van der Waals surface area contributed by atoms with Crippen molar-refractivity contribution < 1.29 is 18.7 Å². The lowest BCUT2D eigenvalue weighted by atomic mass is 10.2. The van der Waals surface area contributed by atoms with Crippen LogP contribution < -0.4 is 15.4 Å². The Morgan fingerprint density at radius 1 is 1.00 bits per heavy atom. The monoisotopic (exact) mass is 462 g/mol. The number of carbonyl (C=O) groups is 2. The summed E-state index contributed by atoms with van der Waals surface area (Å²) in [6.07, 6.45) is -0.739. The van der Waals surface area contributed by atoms with Crippen molar-refractivity contribution in [1.82, 2.24) is 0 Å². The van der Waals surface area contributed by atoms with E-state index in [1.165, 1.54) is 0 Å². The van der Waals surface area contributed by atoms with Gasteiger partial charge in [-0.15, -0.1) is 0 Å². The molecular weight excluding hydrogens is 448 g/mol. The Hall–Kier alpha value is -2.77. The van der Waals surface area contributed by atoms with Crippen LogP contribution in [0.4, 0.5) is 11.4 Å². The van der Waals surface area contributed by atoms with Gasteiger partial charge in [-0.1, -0.05) is 23.7 Å². The number of carbonyl (C=O) groups excluding carboxylic acids is 2. The molecule has 2 aromatic carbocycles. The molecule has 0 saturated carbocycles. The average molecular weight is 464 g/mol. The lowest BCUT2D eigenvalue weighted by molar-refractivity contribution is -0.122. The van der Waals surface area contributed by atoms with Gasteiger partial charge in [0.1, 0.15) is 5.75 Å². The van der Waals surface area contributed by atoms with Gasteiger partial charge in [-0.2, -0.15) is 0 Å². The summed E-state index contributed by atoms with van der Waals surface area (Å²) in [5.41, 5.74) is 1.13. The van der Waals surface area contributed by atoms with Crippen LogP contribution >= 0.6 is 27.5 Å². The number of furan rings is 1. The highest BCUT2D eigenvalue weighted by atomic mass is 79.9. The standard InChI is InChI=1S/C20H16BrClN2O4/c1-12(27-16-5-3-2-4-15(16)22)19(25)23-13-6-8-14(9-7-13)24-20(26)17-10-11-18(21)28-17/h2-12H,1H3,(H,23,25)(H,24,26). The van der Waals surface area contributed by atoms with Crippen LogP contribution in [0, 0.1) is 0 Å². The summed E-state index contributed by atoms with van der Waals surface area (Å²) in [7, 11) is 0. The van der Waals surface area contributed by atoms with E-state index < -0.39 is 6.10 Å². The second-order valence-corrected chi connectivity index (χ2v) is 7.00. The lowest BCUT2D eigenvalue weighted by Crippen LogP contribution is -2.30. The third-order valence-corrected chi connectivity index (χ3v) is 4.46. The Morgan fingerprint density at radius 3 is 2.25 bits per heavy atom. The number of hydrogen-bond donors (Lipinski definition) is 2. The van der Waals surface area contributed by atoms with Gasteiger partial charge in [0.25, 0.3) is 11.8 Å². The van der Waals surface area contributed by atoms with Crippen LogP contribution in [-0.2, 0) is 4.79 Å². The molecule has 2 N–H and O–H groups in total. The fourth-order valence-electron chi connectivity index (χ4n) is 2.29. The Morgan fingerprint density at radius 2 is 1.64 bits per heavy atom. The van der Waals surface area contributed by atoms with E-state index in [1.807, 2.05) is 0 Å². The number of ether oxygens (including phenoxy) is 1. The van der Waals surface area contributed by atoms with Crippen molar-refractivity contribution in [3.63, 3.8) is 0 Å². The molecule has 0 radical (unpaired) electrons. The van der Waals surface area contributed by atoms with Gasteiger partial charge in [-0.05, 0) is 71.4 Å². The molecule has 2 amide bonds. The van der Waals surface area contributed by atoms with E-state index in [4.69, 9.17) is 20.8 Å². The molecule has 6 nitrogen and oxygen atoms in total. The zero-order valence-corrected chi connectivity index (χ0v) is 17.1. The van der Waals surface area contributed by atoms with Crippen molar-refractivity contribution in [3.8, 4) is 5.75 Å². The smallest absolute Gasteiger partial charge is 0.291 e. The highest BCUT2D eigenvalue weighted by Crippen LogP contribution is 2.24. The average Bonchev–Trinajstić information content (AvgIpc) is 3.11. The van der Waals surface area contributed by atoms with Gasteiger partial charge in [0.05, 0.1) is 5.02 Å². The van der Waals surface area contributed by atoms with E-state index in [1.54, 1.807) is 67.6 Å². The maximum absolute atomic E-state index is 12.3. The molecule has 1 heterocycles. The van der Waals surface area contributed by atoms with Gasteiger partial charge >= 0.3 is 0 Å². The van der Waals surface area contributed by atoms with E-state index in [2.05, 4.69) is 26.6 Å². The van der Waals surface area contributed by atoms with E-state index in [-0.39, 0.29) is 17.6 Å². The summed E-state index contributed by atoms with van der Waals surface area (Å²) in [4.78, 5) is 24.4. The van der Waals surface area contributed by atoms with E-state index in [0.29, 0.717) is 26.8 Å². The summed E-state index contributed by atoms with van der Waals surface area (Å²) in [6, 6.07) is 16.8. The molecule has 0 aliphatic carbocycles. The number of amides is 2. The molecule has 1 atom stereocenters. The Balaban J connectivity index is 1.56. The lowest BCUT2D eigenvalue weighted by Gasteiger charge is -2.15. The third kappa shape index (κ3) is 5.15. The minimum absolute atomic E-state index is 0.190. The maximum Gasteiger partial charge on any atom is 0.291 e.